The van der Waals surface area contributed by atoms with E-state index in [4.69, 9.17) is 16.6 Å². The van der Waals surface area contributed by atoms with E-state index < -0.39 is 11.8 Å². The first-order valence-corrected chi connectivity index (χ1v) is 11.0. The Morgan fingerprint density at radius 2 is 1.89 bits per heavy atom. The summed E-state index contributed by atoms with van der Waals surface area (Å²) < 4.78 is 15.2. The zero-order chi connectivity index (χ0) is 24.2. The van der Waals surface area contributed by atoms with Gasteiger partial charge in [0.15, 0.2) is 11.5 Å². The van der Waals surface area contributed by atoms with E-state index in [1.165, 1.54) is 18.2 Å². The van der Waals surface area contributed by atoms with E-state index in [1.807, 2.05) is 47.1 Å². The number of nitrogens with zero attached hydrogens (tertiary/aromatic N) is 4. The van der Waals surface area contributed by atoms with Crippen molar-refractivity contribution in [1.82, 2.24) is 19.4 Å². The van der Waals surface area contributed by atoms with E-state index in [-0.39, 0.29) is 5.02 Å². The lowest BCUT2D eigenvalue weighted by atomic mass is 10.1. The number of hydrogen-bond acceptors (Lipinski definition) is 5. The summed E-state index contributed by atoms with van der Waals surface area (Å²) in [5, 5.41) is 8.67. The molecule has 3 N–H and O–H groups in total. The molecule has 0 saturated heterocycles. The van der Waals surface area contributed by atoms with Gasteiger partial charge in [-0.05, 0) is 42.0 Å². The molecule has 2 aromatic carbocycles. The number of fused-ring (bicyclic) bond motifs is 1. The van der Waals surface area contributed by atoms with Gasteiger partial charge >= 0.3 is 6.03 Å². The van der Waals surface area contributed by atoms with Gasteiger partial charge in [-0.3, -0.25) is 4.98 Å². The van der Waals surface area contributed by atoms with Gasteiger partial charge in [-0.25, -0.2) is 19.2 Å². The second-order valence-corrected chi connectivity index (χ2v) is 8.04. The highest BCUT2D eigenvalue weighted by molar-refractivity contribution is 6.31. The third kappa shape index (κ3) is 5.20. The van der Waals surface area contributed by atoms with Crippen molar-refractivity contribution in [2.45, 2.75) is 6.54 Å². The minimum absolute atomic E-state index is 0.0706. The molecule has 0 aliphatic carbocycles. The third-order valence-corrected chi connectivity index (χ3v) is 5.44. The molecule has 8 nitrogen and oxygen atoms in total. The van der Waals surface area contributed by atoms with E-state index in [2.05, 4.69) is 25.9 Å². The van der Waals surface area contributed by atoms with Gasteiger partial charge in [-0.15, -0.1) is 0 Å². The molecular formula is C25H19ClFN7O. The van der Waals surface area contributed by atoms with Crippen LogP contribution in [0.4, 0.5) is 26.4 Å². The monoisotopic (exact) mass is 487 g/mol. The van der Waals surface area contributed by atoms with Gasteiger partial charge in [-0.1, -0.05) is 29.8 Å². The highest BCUT2D eigenvalue weighted by atomic mass is 35.5. The maximum Gasteiger partial charge on any atom is 0.323 e. The van der Waals surface area contributed by atoms with Crippen molar-refractivity contribution < 1.29 is 9.18 Å². The first kappa shape index (κ1) is 22.3. The molecule has 0 saturated carbocycles. The first-order valence-electron chi connectivity index (χ1n) is 10.7. The molecule has 0 aliphatic rings. The van der Waals surface area contributed by atoms with E-state index in [0.717, 1.165) is 11.1 Å². The van der Waals surface area contributed by atoms with Crippen molar-refractivity contribution in [3.8, 4) is 11.3 Å². The topological polar surface area (TPSA) is 96.2 Å². The fourth-order valence-electron chi connectivity index (χ4n) is 3.50. The largest absolute Gasteiger partial charge is 0.363 e. The normalized spacial score (nSPS) is 10.8. The van der Waals surface area contributed by atoms with Gasteiger partial charge in [0.1, 0.15) is 5.82 Å². The summed E-state index contributed by atoms with van der Waals surface area (Å²) in [6.45, 7) is 0.544. The number of amides is 2. The molecule has 0 bridgehead atoms. The standard InChI is InChI=1S/C25H19ClFN7O/c26-20-12-19(6-7-21(20)27)32-25(35)31-18-5-1-4-17(11-18)22-15-34-10-9-29-24(34)23(33-22)30-14-16-3-2-8-28-13-16/h1-13,15H,14H2,(H,30,33)(H2,31,32,35). The zero-order valence-corrected chi connectivity index (χ0v) is 19.0. The molecule has 0 aliphatic heterocycles. The number of pyridine rings is 1. The van der Waals surface area contributed by atoms with Crippen molar-refractivity contribution in [1.29, 1.82) is 0 Å². The Bertz CT molecular complexity index is 1510. The second-order valence-electron chi connectivity index (χ2n) is 7.64. The van der Waals surface area contributed by atoms with Gasteiger partial charge in [0.25, 0.3) is 0 Å². The average Bonchev–Trinajstić information content (AvgIpc) is 3.34. The molecule has 174 valence electrons. The number of hydrogen-bond donors (Lipinski definition) is 3. The van der Waals surface area contributed by atoms with E-state index in [1.54, 1.807) is 24.7 Å². The van der Waals surface area contributed by atoms with Gasteiger partial charge in [0.05, 0.1) is 10.7 Å². The minimum atomic E-state index is -0.554. The molecule has 0 unspecified atom stereocenters. The highest BCUT2D eigenvalue weighted by Gasteiger charge is 2.11. The summed E-state index contributed by atoms with van der Waals surface area (Å²) >= 11 is 5.78. The molecule has 3 heterocycles. The van der Waals surface area contributed by atoms with E-state index >= 15 is 0 Å². The smallest absolute Gasteiger partial charge is 0.323 e. The Morgan fingerprint density at radius 3 is 2.69 bits per heavy atom. The molecular weight excluding hydrogens is 469 g/mol. The first-order chi connectivity index (χ1) is 17.0. The van der Waals surface area contributed by atoms with Crippen LogP contribution in [0.3, 0.4) is 0 Å². The van der Waals surface area contributed by atoms with Crippen molar-refractivity contribution in [2.24, 2.45) is 0 Å². The van der Waals surface area contributed by atoms with Crippen molar-refractivity contribution in [3.05, 3.63) is 102 Å². The quantitative estimate of drug-likeness (QED) is 0.279. The van der Waals surface area contributed by atoms with Crippen LogP contribution in [0.2, 0.25) is 5.02 Å². The lowest BCUT2D eigenvalue weighted by Gasteiger charge is -2.12. The molecule has 5 rings (SSSR count). The number of halogens is 2. The molecule has 0 spiro atoms. The third-order valence-electron chi connectivity index (χ3n) is 5.15. The highest BCUT2D eigenvalue weighted by Crippen LogP contribution is 2.25. The van der Waals surface area contributed by atoms with Crippen molar-refractivity contribution in [3.63, 3.8) is 0 Å². The number of carbonyl (C=O) groups excluding carboxylic acids is 1. The minimum Gasteiger partial charge on any atom is -0.363 e. The molecule has 35 heavy (non-hydrogen) atoms. The van der Waals surface area contributed by atoms with Gasteiger partial charge < -0.3 is 20.4 Å². The lowest BCUT2D eigenvalue weighted by molar-refractivity contribution is 0.262. The molecule has 0 radical (unpaired) electrons. The number of nitrogens with one attached hydrogen (secondary N) is 3. The van der Waals surface area contributed by atoms with Crippen LogP contribution in [0.15, 0.2) is 85.6 Å². The van der Waals surface area contributed by atoms with Gasteiger partial charge in [0.2, 0.25) is 0 Å². The van der Waals surface area contributed by atoms with Gasteiger partial charge in [0, 0.05) is 54.5 Å². The Kier molecular flexibility index (Phi) is 6.23. The van der Waals surface area contributed by atoms with Crippen molar-refractivity contribution >= 4 is 40.5 Å². The zero-order valence-electron chi connectivity index (χ0n) is 18.2. The lowest BCUT2D eigenvalue weighted by Crippen LogP contribution is -2.19. The van der Waals surface area contributed by atoms with Crippen LogP contribution >= 0.6 is 11.6 Å². The second kappa shape index (κ2) is 9.78. The summed E-state index contributed by atoms with van der Waals surface area (Å²) in [5.74, 6) is 0.0719. The summed E-state index contributed by atoms with van der Waals surface area (Å²) in [7, 11) is 0. The number of carbonyl (C=O) groups is 1. The molecule has 3 aromatic heterocycles. The molecule has 0 atom stereocenters. The number of aromatic nitrogens is 4. The fourth-order valence-corrected chi connectivity index (χ4v) is 3.68. The summed E-state index contributed by atoms with van der Waals surface area (Å²) in [6, 6.07) is 14.6. The summed E-state index contributed by atoms with van der Waals surface area (Å²) in [6.07, 6.45) is 8.95. The van der Waals surface area contributed by atoms with Crippen molar-refractivity contribution in [2.75, 3.05) is 16.0 Å². The number of imidazole rings is 1. The maximum absolute atomic E-state index is 13.3. The van der Waals surface area contributed by atoms with Crippen LogP contribution in [0.25, 0.3) is 16.9 Å². The summed E-state index contributed by atoms with van der Waals surface area (Å²) in [5.41, 5.74) is 4.15. The Morgan fingerprint density at radius 1 is 1.03 bits per heavy atom. The van der Waals surface area contributed by atoms with E-state index in [0.29, 0.717) is 35.1 Å². The predicted octanol–water partition coefficient (Wildman–Crippen LogP) is 5.84. The SMILES string of the molecule is O=C(Nc1cccc(-c2cn3ccnc3c(NCc3cccnc3)n2)c1)Nc1ccc(F)c(Cl)c1. The average molecular weight is 488 g/mol. The predicted molar refractivity (Wildman–Crippen MR) is 134 cm³/mol. The van der Waals surface area contributed by atoms with Crippen LogP contribution < -0.4 is 16.0 Å². The molecule has 0 fully saturated rings. The number of urea groups is 1. The number of benzene rings is 2. The van der Waals surface area contributed by atoms with Crippen LogP contribution in [-0.2, 0) is 6.54 Å². The number of anilines is 3. The molecule has 2 amide bonds. The summed E-state index contributed by atoms with van der Waals surface area (Å²) in [4.78, 5) is 25.7. The Hall–Kier alpha value is -4.50. The maximum atomic E-state index is 13.3. The molecule has 5 aromatic rings. The molecule has 10 heteroatoms. The van der Waals surface area contributed by atoms with E-state index in [9.17, 15) is 9.18 Å². The Balaban J connectivity index is 1.36. The van der Waals surface area contributed by atoms with Crippen LogP contribution in [0, 0.1) is 5.82 Å². The van der Waals surface area contributed by atoms with Gasteiger partial charge in [-0.2, -0.15) is 0 Å². The number of rotatable bonds is 6. The van der Waals surface area contributed by atoms with Crippen LogP contribution in [0.5, 0.6) is 0 Å². The van der Waals surface area contributed by atoms with Crippen LogP contribution in [0.1, 0.15) is 5.56 Å². The van der Waals surface area contributed by atoms with Crippen LogP contribution in [-0.4, -0.2) is 25.4 Å². The Labute approximate surface area is 204 Å². The fraction of sp³-hybridized carbons (Fsp3) is 0.0400.